The zero-order valence-corrected chi connectivity index (χ0v) is 16.3. The number of halogens is 1. The van der Waals surface area contributed by atoms with Crippen LogP contribution in [0.1, 0.15) is 23.0 Å². The van der Waals surface area contributed by atoms with Gasteiger partial charge in [0.05, 0.1) is 18.4 Å². The monoisotopic (exact) mass is 420 g/mol. The SMILES string of the molecule is CCOC(=O)N1CCN(c2ccc(CNC(=O)c3ccc([N+](=O)[O-])o3)cc2F)CC1. The number of nitrogens with one attached hydrogen (secondary N) is 1. The number of hydrogen-bond acceptors (Lipinski definition) is 7. The first-order chi connectivity index (χ1) is 14.4. The number of rotatable bonds is 6. The van der Waals surface area contributed by atoms with Gasteiger partial charge in [-0.2, -0.15) is 0 Å². The van der Waals surface area contributed by atoms with E-state index in [-0.39, 0.29) is 18.4 Å². The van der Waals surface area contributed by atoms with Crippen molar-refractivity contribution < 1.29 is 28.1 Å². The van der Waals surface area contributed by atoms with Gasteiger partial charge in [0.15, 0.2) is 5.76 Å². The van der Waals surface area contributed by atoms with E-state index in [1.165, 1.54) is 12.1 Å². The molecule has 2 amide bonds. The number of anilines is 1. The maximum absolute atomic E-state index is 14.6. The van der Waals surface area contributed by atoms with E-state index in [4.69, 9.17) is 9.15 Å². The van der Waals surface area contributed by atoms with Gasteiger partial charge in [-0.25, -0.2) is 9.18 Å². The zero-order valence-electron chi connectivity index (χ0n) is 16.3. The van der Waals surface area contributed by atoms with Gasteiger partial charge in [0.1, 0.15) is 10.7 Å². The lowest BCUT2D eigenvalue weighted by Gasteiger charge is -2.35. The first kappa shape index (κ1) is 21.1. The van der Waals surface area contributed by atoms with Gasteiger partial charge < -0.3 is 24.3 Å². The molecule has 30 heavy (non-hydrogen) atoms. The molecular formula is C19H21FN4O6. The molecule has 1 N–H and O–H groups in total. The Morgan fingerprint density at radius 3 is 2.57 bits per heavy atom. The summed E-state index contributed by atoms with van der Waals surface area (Å²) in [7, 11) is 0. The van der Waals surface area contributed by atoms with Crippen molar-refractivity contribution in [3.05, 3.63) is 57.6 Å². The summed E-state index contributed by atoms with van der Waals surface area (Å²) in [5.41, 5.74) is 0.936. The van der Waals surface area contributed by atoms with Crippen molar-refractivity contribution >= 4 is 23.6 Å². The van der Waals surface area contributed by atoms with Gasteiger partial charge in [0, 0.05) is 32.7 Å². The van der Waals surface area contributed by atoms with Gasteiger partial charge in [-0.05, 0) is 30.7 Å². The van der Waals surface area contributed by atoms with Crippen LogP contribution in [-0.2, 0) is 11.3 Å². The molecular weight excluding hydrogens is 399 g/mol. The molecule has 10 nitrogen and oxygen atoms in total. The van der Waals surface area contributed by atoms with Crippen LogP contribution in [0.5, 0.6) is 0 Å². The summed E-state index contributed by atoms with van der Waals surface area (Å²) >= 11 is 0. The van der Waals surface area contributed by atoms with Gasteiger partial charge in [-0.3, -0.25) is 14.9 Å². The molecule has 1 aromatic carbocycles. The lowest BCUT2D eigenvalue weighted by molar-refractivity contribution is -0.402. The molecule has 0 radical (unpaired) electrons. The van der Waals surface area contributed by atoms with Crippen LogP contribution in [0.25, 0.3) is 0 Å². The van der Waals surface area contributed by atoms with E-state index in [0.717, 1.165) is 6.07 Å². The molecule has 160 valence electrons. The molecule has 1 aliphatic rings. The highest BCUT2D eigenvalue weighted by Gasteiger charge is 2.23. The Labute approximate surface area is 171 Å². The molecule has 1 aliphatic heterocycles. The highest BCUT2D eigenvalue weighted by atomic mass is 19.1. The number of carbonyl (C=O) groups excluding carboxylic acids is 2. The van der Waals surface area contributed by atoms with E-state index in [9.17, 15) is 24.1 Å². The number of piperazine rings is 1. The molecule has 0 saturated carbocycles. The maximum Gasteiger partial charge on any atom is 0.433 e. The molecule has 2 heterocycles. The van der Waals surface area contributed by atoms with Crippen LogP contribution in [0, 0.1) is 15.9 Å². The Morgan fingerprint density at radius 2 is 1.97 bits per heavy atom. The van der Waals surface area contributed by atoms with Crippen LogP contribution >= 0.6 is 0 Å². The number of carbonyl (C=O) groups is 2. The van der Waals surface area contributed by atoms with Crippen LogP contribution < -0.4 is 10.2 Å². The van der Waals surface area contributed by atoms with Gasteiger partial charge in [-0.1, -0.05) is 6.07 Å². The molecule has 2 aromatic rings. The molecule has 1 saturated heterocycles. The van der Waals surface area contributed by atoms with Gasteiger partial charge in [0.25, 0.3) is 5.91 Å². The van der Waals surface area contributed by atoms with E-state index in [0.29, 0.717) is 44.0 Å². The quantitative estimate of drug-likeness (QED) is 0.563. The smallest absolute Gasteiger partial charge is 0.433 e. The van der Waals surface area contributed by atoms with Crippen molar-refractivity contribution in [3.63, 3.8) is 0 Å². The van der Waals surface area contributed by atoms with Crippen LogP contribution in [0.4, 0.5) is 20.8 Å². The van der Waals surface area contributed by atoms with E-state index in [1.807, 2.05) is 4.90 Å². The number of furan rings is 1. The van der Waals surface area contributed by atoms with Crippen LogP contribution in [0.3, 0.4) is 0 Å². The minimum absolute atomic E-state index is 0.0289. The Morgan fingerprint density at radius 1 is 1.23 bits per heavy atom. The molecule has 1 fully saturated rings. The van der Waals surface area contributed by atoms with Gasteiger partial charge in [-0.15, -0.1) is 0 Å². The first-order valence-corrected chi connectivity index (χ1v) is 9.36. The van der Waals surface area contributed by atoms with Crippen molar-refractivity contribution in [3.8, 4) is 0 Å². The second kappa shape index (κ2) is 9.25. The van der Waals surface area contributed by atoms with Crippen LogP contribution in [-0.4, -0.2) is 54.6 Å². The molecule has 0 aliphatic carbocycles. The minimum atomic E-state index is -0.739. The molecule has 11 heteroatoms. The third-order valence-corrected chi connectivity index (χ3v) is 4.61. The molecule has 1 aromatic heterocycles. The lowest BCUT2D eigenvalue weighted by atomic mass is 10.1. The molecule has 0 atom stereocenters. The Hall–Kier alpha value is -3.63. The predicted octanol–water partition coefficient (Wildman–Crippen LogP) is 2.54. The average molecular weight is 420 g/mol. The molecule has 3 rings (SSSR count). The Bertz CT molecular complexity index is 939. The van der Waals surface area contributed by atoms with Crippen molar-refractivity contribution in [1.29, 1.82) is 0 Å². The number of ether oxygens (including phenoxy) is 1. The maximum atomic E-state index is 14.6. The highest BCUT2D eigenvalue weighted by Crippen LogP contribution is 2.22. The van der Waals surface area contributed by atoms with E-state index in [1.54, 1.807) is 24.0 Å². The summed E-state index contributed by atoms with van der Waals surface area (Å²) in [5.74, 6) is -1.81. The number of hydrogen-bond donors (Lipinski definition) is 1. The van der Waals surface area contributed by atoms with Crippen molar-refractivity contribution in [2.75, 3.05) is 37.7 Å². The van der Waals surface area contributed by atoms with Crippen LogP contribution in [0.15, 0.2) is 34.7 Å². The van der Waals surface area contributed by atoms with Crippen LogP contribution in [0.2, 0.25) is 0 Å². The fourth-order valence-electron chi connectivity index (χ4n) is 3.08. The Balaban J connectivity index is 1.55. The lowest BCUT2D eigenvalue weighted by Crippen LogP contribution is -2.49. The summed E-state index contributed by atoms with van der Waals surface area (Å²) in [6.07, 6.45) is -0.370. The number of nitrogens with zero attached hydrogens (tertiary/aromatic N) is 3. The summed E-state index contributed by atoms with van der Waals surface area (Å²) in [5, 5.41) is 13.1. The zero-order chi connectivity index (χ0) is 21.7. The summed E-state index contributed by atoms with van der Waals surface area (Å²) in [6, 6.07) is 6.91. The number of nitro groups is 1. The van der Waals surface area contributed by atoms with Crippen molar-refractivity contribution in [2.45, 2.75) is 13.5 Å². The second-order valence-electron chi connectivity index (χ2n) is 6.54. The fraction of sp³-hybridized carbons (Fsp3) is 0.368. The van der Waals surface area contributed by atoms with E-state index in [2.05, 4.69) is 5.32 Å². The second-order valence-corrected chi connectivity index (χ2v) is 6.54. The summed E-state index contributed by atoms with van der Waals surface area (Å²) in [4.78, 5) is 37.1. The third-order valence-electron chi connectivity index (χ3n) is 4.61. The standard InChI is InChI=1S/C19H21FN4O6/c1-2-29-19(26)23-9-7-22(8-10-23)15-4-3-13(11-14(15)20)12-21-18(25)16-5-6-17(30-16)24(27)28/h3-6,11H,2,7-10,12H2,1H3,(H,21,25). The molecule has 0 spiro atoms. The molecule has 0 unspecified atom stereocenters. The van der Waals surface area contributed by atoms with Crippen molar-refractivity contribution in [2.24, 2.45) is 0 Å². The van der Waals surface area contributed by atoms with E-state index < -0.39 is 22.5 Å². The minimum Gasteiger partial charge on any atom is -0.450 e. The third kappa shape index (κ3) is 4.85. The van der Waals surface area contributed by atoms with Gasteiger partial charge in [0.2, 0.25) is 0 Å². The fourth-order valence-corrected chi connectivity index (χ4v) is 3.08. The topological polar surface area (TPSA) is 118 Å². The highest BCUT2D eigenvalue weighted by molar-refractivity contribution is 5.91. The summed E-state index contributed by atoms with van der Waals surface area (Å²) < 4.78 is 24.4. The van der Waals surface area contributed by atoms with Crippen molar-refractivity contribution in [1.82, 2.24) is 10.2 Å². The number of amides is 2. The summed E-state index contributed by atoms with van der Waals surface area (Å²) in [6.45, 7) is 3.90. The van der Waals surface area contributed by atoms with E-state index >= 15 is 0 Å². The molecule has 0 bridgehead atoms. The number of benzene rings is 1. The first-order valence-electron chi connectivity index (χ1n) is 9.36. The largest absolute Gasteiger partial charge is 0.450 e. The average Bonchev–Trinajstić information content (AvgIpc) is 3.23. The Kier molecular flexibility index (Phi) is 6.50. The predicted molar refractivity (Wildman–Crippen MR) is 104 cm³/mol. The normalized spacial score (nSPS) is 13.8. The van der Waals surface area contributed by atoms with Gasteiger partial charge >= 0.3 is 12.0 Å².